The number of hydrogen-bond donors (Lipinski definition) is 1. The van der Waals surface area contributed by atoms with Crippen molar-refractivity contribution >= 4 is 6.08 Å². The first-order valence-electron chi connectivity index (χ1n) is 4.19. The van der Waals surface area contributed by atoms with Crippen molar-refractivity contribution in [2.75, 3.05) is 0 Å². The zero-order valence-electron chi connectivity index (χ0n) is 7.33. The number of phenolic OH excluding ortho intramolecular Hbond substituents is 1. The molecule has 0 amide bonds. The zero-order chi connectivity index (χ0) is 8.72. The van der Waals surface area contributed by atoms with E-state index in [1.165, 1.54) is 16.7 Å². The second kappa shape index (κ2) is 2.37. The van der Waals surface area contributed by atoms with E-state index in [-0.39, 0.29) is 0 Å². The Morgan fingerprint density at radius 3 is 2.83 bits per heavy atom. The van der Waals surface area contributed by atoms with E-state index >= 15 is 0 Å². The van der Waals surface area contributed by atoms with Crippen molar-refractivity contribution < 1.29 is 5.11 Å². The molecule has 2 rings (SSSR count). The number of allylic oxidation sites excluding steroid dienone is 1. The van der Waals surface area contributed by atoms with Gasteiger partial charge in [-0.3, -0.25) is 0 Å². The lowest BCUT2D eigenvalue weighted by Crippen LogP contribution is -1.89. The van der Waals surface area contributed by atoms with Crippen molar-refractivity contribution in [1.82, 2.24) is 0 Å². The summed E-state index contributed by atoms with van der Waals surface area (Å²) in [5.41, 5.74) is 3.86. The number of rotatable bonds is 0. The number of phenols is 1. The van der Waals surface area contributed by atoms with Crippen LogP contribution < -0.4 is 0 Å². The normalized spacial score (nSPS) is 20.5. The van der Waals surface area contributed by atoms with E-state index in [0.29, 0.717) is 11.7 Å². The summed E-state index contributed by atoms with van der Waals surface area (Å²) in [5.74, 6) is 0.829. The average Bonchev–Trinajstić information content (AvgIpc) is 2.31. The van der Waals surface area contributed by atoms with Gasteiger partial charge in [0.25, 0.3) is 0 Å². The SMILES string of the molecule is CC1=Cc2ccc(O)cc2C1C. The van der Waals surface area contributed by atoms with Crippen LogP contribution in [0.3, 0.4) is 0 Å². The van der Waals surface area contributed by atoms with Gasteiger partial charge >= 0.3 is 0 Å². The highest BCUT2D eigenvalue weighted by Gasteiger charge is 2.17. The van der Waals surface area contributed by atoms with Crippen molar-refractivity contribution in [3.05, 3.63) is 34.9 Å². The van der Waals surface area contributed by atoms with E-state index in [0.717, 1.165) is 0 Å². The van der Waals surface area contributed by atoms with Gasteiger partial charge in [-0.15, -0.1) is 0 Å². The van der Waals surface area contributed by atoms with Gasteiger partial charge in [0, 0.05) is 5.92 Å². The molecular weight excluding hydrogens is 148 g/mol. The van der Waals surface area contributed by atoms with Gasteiger partial charge in [-0.25, -0.2) is 0 Å². The molecule has 12 heavy (non-hydrogen) atoms. The standard InChI is InChI=1S/C11H12O/c1-7-5-9-3-4-10(12)6-11(9)8(7)2/h3-6,8,12H,1-2H3. The summed E-state index contributed by atoms with van der Waals surface area (Å²) in [5, 5.41) is 9.28. The van der Waals surface area contributed by atoms with Crippen molar-refractivity contribution in [3.63, 3.8) is 0 Å². The molecule has 1 aromatic carbocycles. The van der Waals surface area contributed by atoms with Crippen LogP contribution in [0.1, 0.15) is 30.9 Å². The second-order valence-corrected chi connectivity index (χ2v) is 3.42. The molecule has 1 N–H and O–H groups in total. The Morgan fingerprint density at radius 1 is 1.33 bits per heavy atom. The molecule has 1 unspecified atom stereocenters. The van der Waals surface area contributed by atoms with Gasteiger partial charge in [-0.05, 0) is 30.2 Å². The van der Waals surface area contributed by atoms with Crippen LogP contribution in [-0.2, 0) is 0 Å². The molecule has 0 aromatic heterocycles. The molecule has 0 spiro atoms. The largest absolute Gasteiger partial charge is 0.508 e. The first-order valence-corrected chi connectivity index (χ1v) is 4.19. The van der Waals surface area contributed by atoms with E-state index in [2.05, 4.69) is 19.9 Å². The van der Waals surface area contributed by atoms with Gasteiger partial charge in [-0.2, -0.15) is 0 Å². The maximum atomic E-state index is 9.28. The third-order valence-electron chi connectivity index (χ3n) is 2.60. The second-order valence-electron chi connectivity index (χ2n) is 3.42. The van der Waals surface area contributed by atoms with Crippen molar-refractivity contribution in [1.29, 1.82) is 0 Å². The maximum Gasteiger partial charge on any atom is 0.115 e. The van der Waals surface area contributed by atoms with E-state index in [9.17, 15) is 5.11 Å². The summed E-state index contributed by atoms with van der Waals surface area (Å²) in [6.45, 7) is 4.29. The Kier molecular flexibility index (Phi) is 1.47. The number of fused-ring (bicyclic) bond motifs is 1. The minimum absolute atomic E-state index is 0.365. The molecule has 62 valence electrons. The fraction of sp³-hybridized carbons (Fsp3) is 0.273. The van der Waals surface area contributed by atoms with Crippen LogP contribution in [0.15, 0.2) is 23.8 Å². The number of aromatic hydroxyl groups is 1. The van der Waals surface area contributed by atoms with Gasteiger partial charge in [0.1, 0.15) is 5.75 Å². The van der Waals surface area contributed by atoms with Gasteiger partial charge in [0.15, 0.2) is 0 Å². The van der Waals surface area contributed by atoms with Crippen LogP contribution >= 0.6 is 0 Å². The minimum Gasteiger partial charge on any atom is -0.508 e. The minimum atomic E-state index is 0.365. The third-order valence-corrected chi connectivity index (χ3v) is 2.60. The first-order chi connectivity index (χ1) is 5.68. The van der Waals surface area contributed by atoms with E-state index in [1.54, 1.807) is 6.07 Å². The van der Waals surface area contributed by atoms with E-state index < -0.39 is 0 Å². The fourth-order valence-electron chi connectivity index (χ4n) is 1.68. The monoisotopic (exact) mass is 160 g/mol. The van der Waals surface area contributed by atoms with Gasteiger partial charge in [0.05, 0.1) is 0 Å². The third kappa shape index (κ3) is 0.934. The first kappa shape index (κ1) is 7.41. The Labute approximate surface area is 72.4 Å². The van der Waals surface area contributed by atoms with Crippen LogP contribution in [0.4, 0.5) is 0 Å². The molecule has 0 bridgehead atoms. The number of benzene rings is 1. The average molecular weight is 160 g/mol. The molecule has 1 aromatic rings. The summed E-state index contributed by atoms with van der Waals surface area (Å²) in [6, 6.07) is 5.56. The molecular formula is C11H12O. The molecule has 0 saturated heterocycles. The van der Waals surface area contributed by atoms with Crippen LogP contribution in [0.25, 0.3) is 6.08 Å². The molecule has 1 aliphatic rings. The lowest BCUT2D eigenvalue weighted by atomic mass is 9.99. The summed E-state index contributed by atoms with van der Waals surface area (Å²) >= 11 is 0. The molecule has 0 radical (unpaired) electrons. The highest BCUT2D eigenvalue weighted by molar-refractivity contribution is 5.66. The zero-order valence-corrected chi connectivity index (χ0v) is 7.33. The number of hydrogen-bond acceptors (Lipinski definition) is 1. The summed E-state index contributed by atoms with van der Waals surface area (Å²) in [7, 11) is 0. The lowest BCUT2D eigenvalue weighted by Gasteiger charge is -2.06. The summed E-state index contributed by atoms with van der Waals surface area (Å²) < 4.78 is 0. The van der Waals surface area contributed by atoms with Crippen LogP contribution in [0, 0.1) is 0 Å². The molecule has 0 saturated carbocycles. The summed E-state index contributed by atoms with van der Waals surface area (Å²) in [4.78, 5) is 0. The van der Waals surface area contributed by atoms with Crippen molar-refractivity contribution in [3.8, 4) is 5.75 Å². The Morgan fingerprint density at radius 2 is 2.08 bits per heavy atom. The highest BCUT2D eigenvalue weighted by atomic mass is 16.3. The molecule has 1 heteroatoms. The molecule has 1 nitrogen and oxygen atoms in total. The smallest absolute Gasteiger partial charge is 0.115 e. The molecule has 0 aliphatic heterocycles. The lowest BCUT2D eigenvalue weighted by molar-refractivity contribution is 0.474. The Bertz CT molecular complexity index is 350. The molecule has 1 aliphatic carbocycles. The van der Waals surface area contributed by atoms with E-state index in [4.69, 9.17) is 0 Å². The predicted octanol–water partition coefficient (Wildman–Crippen LogP) is 2.91. The van der Waals surface area contributed by atoms with Crippen LogP contribution in [0.2, 0.25) is 0 Å². The molecule has 1 atom stereocenters. The Balaban J connectivity index is 2.57. The van der Waals surface area contributed by atoms with Gasteiger partial charge < -0.3 is 5.11 Å². The van der Waals surface area contributed by atoms with Crippen molar-refractivity contribution in [2.24, 2.45) is 0 Å². The fourth-order valence-corrected chi connectivity index (χ4v) is 1.68. The van der Waals surface area contributed by atoms with Crippen LogP contribution in [-0.4, -0.2) is 5.11 Å². The van der Waals surface area contributed by atoms with Crippen LogP contribution in [0.5, 0.6) is 5.75 Å². The predicted molar refractivity (Wildman–Crippen MR) is 50.2 cm³/mol. The van der Waals surface area contributed by atoms with Gasteiger partial charge in [0.2, 0.25) is 0 Å². The quantitative estimate of drug-likeness (QED) is 0.618. The highest BCUT2D eigenvalue weighted by Crippen LogP contribution is 2.36. The van der Waals surface area contributed by atoms with Gasteiger partial charge in [-0.1, -0.05) is 24.6 Å². The molecule has 0 heterocycles. The van der Waals surface area contributed by atoms with Crippen molar-refractivity contribution in [2.45, 2.75) is 19.8 Å². The topological polar surface area (TPSA) is 20.2 Å². The van der Waals surface area contributed by atoms with E-state index in [1.807, 2.05) is 12.1 Å². The summed E-state index contributed by atoms with van der Waals surface area (Å²) in [6.07, 6.45) is 2.18. The maximum absolute atomic E-state index is 9.28. The Hall–Kier alpha value is -1.24. The molecule has 0 fully saturated rings.